The Bertz CT molecular complexity index is 280. The number of hydrogen-bond acceptors (Lipinski definition) is 2. The molecule has 84 valence electrons. The molecule has 0 atom stereocenters. The fraction of sp³-hybridized carbons (Fsp3) is 0.538. The van der Waals surface area contributed by atoms with E-state index in [9.17, 15) is 0 Å². The first kappa shape index (κ1) is 12.1. The number of benzene rings is 1. The fourth-order valence-electron chi connectivity index (χ4n) is 1.79. The van der Waals surface area contributed by atoms with Crippen molar-refractivity contribution >= 4 is 5.69 Å². The molecular formula is C13H22N2. The summed E-state index contributed by atoms with van der Waals surface area (Å²) in [6, 6.07) is 8.64. The van der Waals surface area contributed by atoms with Gasteiger partial charge in [0, 0.05) is 25.3 Å². The van der Waals surface area contributed by atoms with Crippen LogP contribution in [0.5, 0.6) is 0 Å². The number of para-hydroxylation sites is 1. The first-order valence-corrected chi connectivity index (χ1v) is 5.87. The van der Waals surface area contributed by atoms with Crippen LogP contribution in [-0.4, -0.2) is 19.6 Å². The maximum Gasteiger partial charge on any atom is 0.0411 e. The first-order chi connectivity index (χ1) is 7.33. The molecule has 0 heterocycles. The highest BCUT2D eigenvalue weighted by molar-refractivity contribution is 5.53. The van der Waals surface area contributed by atoms with E-state index >= 15 is 0 Å². The summed E-state index contributed by atoms with van der Waals surface area (Å²) in [6.07, 6.45) is 0. The van der Waals surface area contributed by atoms with Gasteiger partial charge in [0.2, 0.25) is 0 Å². The third-order valence-electron chi connectivity index (χ3n) is 2.66. The van der Waals surface area contributed by atoms with Gasteiger partial charge in [0.1, 0.15) is 0 Å². The van der Waals surface area contributed by atoms with E-state index in [1.54, 1.807) is 0 Å². The van der Waals surface area contributed by atoms with Crippen molar-refractivity contribution in [2.45, 2.75) is 27.3 Å². The standard InChI is InChI=1S/C13H22N2/c1-4-14-11-12-9-7-8-10-13(12)15(5-2)6-3/h7-10,14H,4-6,11H2,1-3H3. The number of hydrogen-bond donors (Lipinski definition) is 1. The molecule has 0 aliphatic heterocycles. The normalized spacial score (nSPS) is 10.3. The van der Waals surface area contributed by atoms with E-state index in [4.69, 9.17) is 0 Å². The predicted molar refractivity (Wildman–Crippen MR) is 67.4 cm³/mol. The zero-order valence-corrected chi connectivity index (χ0v) is 10.1. The summed E-state index contributed by atoms with van der Waals surface area (Å²) < 4.78 is 0. The van der Waals surface area contributed by atoms with Gasteiger partial charge in [-0.05, 0) is 32.0 Å². The largest absolute Gasteiger partial charge is 0.372 e. The molecule has 1 rings (SSSR count). The highest BCUT2D eigenvalue weighted by Gasteiger charge is 2.06. The Morgan fingerprint density at radius 3 is 2.33 bits per heavy atom. The summed E-state index contributed by atoms with van der Waals surface area (Å²) in [5, 5.41) is 3.38. The molecule has 0 unspecified atom stereocenters. The molecule has 0 aliphatic carbocycles. The molecule has 0 aromatic heterocycles. The van der Waals surface area contributed by atoms with Crippen LogP contribution in [0.15, 0.2) is 24.3 Å². The van der Waals surface area contributed by atoms with Crippen LogP contribution in [0.3, 0.4) is 0 Å². The molecule has 1 N–H and O–H groups in total. The Balaban J connectivity index is 2.84. The number of nitrogens with zero attached hydrogens (tertiary/aromatic N) is 1. The fourth-order valence-corrected chi connectivity index (χ4v) is 1.79. The minimum absolute atomic E-state index is 0.961. The topological polar surface area (TPSA) is 15.3 Å². The quantitative estimate of drug-likeness (QED) is 0.769. The maximum atomic E-state index is 3.38. The Labute approximate surface area is 93.3 Å². The Morgan fingerprint density at radius 1 is 1.07 bits per heavy atom. The van der Waals surface area contributed by atoms with Crippen molar-refractivity contribution in [1.29, 1.82) is 0 Å². The molecule has 15 heavy (non-hydrogen) atoms. The van der Waals surface area contributed by atoms with E-state index in [1.807, 2.05) is 0 Å². The molecule has 0 saturated carbocycles. The molecule has 2 nitrogen and oxygen atoms in total. The van der Waals surface area contributed by atoms with Crippen LogP contribution in [0, 0.1) is 0 Å². The lowest BCUT2D eigenvalue weighted by molar-refractivity contribution is 0.721. The smallest absolute Gasteiger partial charge is 0.0411 e. The van der Waals surface area contributed by atoms with Gasteiger partial charge < -0.3 is 10.2 Å². The van der Waals surface area contributed by atoms with Gasteiger partial charge in [-0.1, -0.05) is 25.1 Å². The van der Waals surface area contributed by atoms with E-state index in [1.165, 1.54) is 11.3 Å². The molecule has 1 aromatic carbocycles. The van der Waals surface area contributed by atoms with E-state index < -0.39 is 0 Å². The second-order valence-corrected chi connectivity index (χ2v) is 3.58. The van der Waals surface area contributed by atoms with Gasteiger partial charge in [0.15, 0.2) is 0 Å². The molecule has 0 radical (unpaired) electrons. The van der Waals surface area contributed by atoms with Gasteiger partial charge >= 0.3 is 0 Å². The predicted octanol–water partition coefficient (Wildman–Crippen LogP) is 2.64. The van der Waals surface area contributed by atoms with Crippen molar-refractivity contribution in [3.05, 3.63) is 29.8 Å². The van der Waals surface area contributed by atoms with E-state index in [2.05, 4.69) is 55.3 Å². The summed E-state index contributed by atoms with van der Waals surface area (Å²) in [5.74, 6) is 0. The average Bonchev–Trinajstić information content (AvgIpc) is 2.29. The van der Waals surface area contributed by atoms with Crippen LogP contribution in [0.4, 0.5) is 5.69 Å². The third-order valence-corrected chi connectivity index (χ3v) is 2.66. The number of rotatable bonds is 6. The van der Waals surface area contributed by atoms with Crippen LogP contribution in [-0.2, 0) is 6.54 Å². The first-order valence-electron chi connectivity index (χ1n) is 5.87. The third kappa shape index (κ3) is 3.24. The Kier molecular flexibility index (Phi) is 5.19. The average molecular weight is 206 g/mol. The molecule has 0 spiro atoms. The zero-order chi connectivity index (χ0) is 11.1. The summed E-state index contributed by atoms with van der Waals surface area (Å²) in [5.41, 5.74) is 2.76. The van der Waals surface area contributed by atoms with E-state index in [0.717, 1.165) is 26.2 Å². The number of nitrogens with one attached hydrogen (secondary N) is 1. The molecular weight excluding hydrogens is 184 g/mol. The van der Waals surface area contributed by atoms with Crippen LogP contribution in [0.2, 0.25) is 0 Å². The minimum Gasteiger partial charge on any atom is -0.372 e. The molecule has 1 aromatic rings. The second-order valence-electron chi connectivity index (χ2n) is 3.58. The van der Waals surface area contributed by atoms with Gasteiger partial charge in [-0.2, -0.15) is 0 Å². The molecule has 0 saturated heterocycles. The highest BCUT2D eigenvalue weighted by atomic mass is 15.1. The van der Waals surface area contributed by atoms with Gasteiger partial charge in [-0.3, -0.25) is 0 Å². The lowest BCUT2D eigenvalue weighted by atomic mass is 10.1. The monoisotopic (exact) mass is 206 g/mol. The lowest BCUT2D eigenvalue weighted by Gasteiger charge is -2.24. The Morgan fingerprint density at radius 2 is 1.73 bits per heavy atom. The van der Waals surface area contributed by atoms with Crippen molar-refractivity contribution < 1.29 is 0 Å². The molecule has 0 aliphatic rings. The van der Waals surface area contributed by atoms with Gasteiger partial charge in [0.25, 0.3) is 0 Å². The Hall–Kier alpha value is -1.02. The molecule has 2 heteroatoms. The number of anilines is 1. The zero-order valence-electron chi connectivity index (χ0n) is 10.1. The summed E-state index contributed by atoms with van der Waals surface area (Å²) in [7, 11) is 0. The van der Waals surface area contributed by atoms with Crippen LogP contribution < -0.4 is 10.2 Å². The summed E-state index contributed by atoms with van der Waals surface area (Å²) in [6.45, 7) is 10.7. The van der Waals surface area contributed by atoms with Crippen molar-refractivity contribution in [3.8, 4) is 0 Å². The van der Waals surface area contributed by atoms with Crippen LogP contribution in [0.1, 0.15) is 26.3 Å². The van der Waals surface area contributed by atoms with Crippen molar-refractivity contribution in [3.63, 3.8) is 0 Å². The SMILES string of the molecule is CCNCc1ccccc1N(CC)CC. The van der Waals surface area contributed by atoms with E-state index in [0.29, 0.717) is 0 Å². The van der Waals surface area contributed by atoms with Crippen LogP contribution in [0.25, 0.3) is 0 Å². The van der Waals surface area contributed by atoms with Gasteiger partial charge in [-0.25, -0.2) is 0 Å². The highest BCUT2D eigenvalue weighted by Crippen LogP contribution is 2.19. The van der Waals surface area contributed by atoms with Gasteiger partial charge in [0.05, 0.1) is 0 Å². The molecule has 0 fully saturated rings. The summed E-state index contributed by atoms with van der Waals surface area (Å²) >= 11 is 0. The maximum absolute atomic E-state index is 3.38. The van der Waals surface area contributed by atoms with E-state index in [-0.39, 0.29) is 0 Å². The van der Waals surface area contributed by atoms with Crippen LogP contribution >= 0.6 is 0 Å². The lowest BCUT2D eigenvalue weighted by Crippen LogP contribution is -2.24. The molecule has 0 bridgehead atoms. The second kappa shape index (κ2) is 6.46. The van der Waals surface area contributed by atoms with Crippen molar-refractivity contribution in [1.82, 2.24) is 5.32 Å². The van der Waals surface area contributed by atoms with Gasteiger partial charge in [-0.15, -0.1) is 0 Å². The molecule has 0 amide bonds. The minimum atomic E-state index is 0.961. The van der Waals surface area contributed by atoms with Crippen molar-refractivity contribution in [2.75, 3.05) is 24.5 Å². The van der Waals surface area contributed by atoms with Crippen molar-refractivity contribution in [2.24, 2.45) is 0 Å². The summed E-state index contributed by atoms with van der Waals surface area (Å²) in [4.78, 5) is 2.40.